The first-order chi connectivity index (χ1) is 26.5. The lowest BCUT2D eigenvalue weighted by atomic mass is 10.0. The molecular formula is C48H93NO5. The largest absolute Gasteiger partial charge is 0.466 e. The Hall–Kier alpha value is -1.40. The number of esters is 1. The van der Waals surface area contributed by atoms with E-state index in [1.165, 1.54) is 173 Å². The second-order valence-electron chi connectivity index (χ2n) is 16.5. The van der Waals surface area contributed by atoms with E-state index in [0.29, 0.717) is 19.4 Å². The van der Waals surface area contributed by atoms with Crippen molar-refractivity contribution in [1.29, 1.82) is 0 Å². The first kappa shape index (κ1) is 52.6. The van der Waals surface area contributed by atoms with Crippen molar-refractivity contribution >= 4 is 11.9 Å². The van der Waals surface area contributed by atoms with Gasteiger partial charge in [0, 0.05) is 12.8 Å². The van der Waals surface area contributed by atoms with Crippen LogP contribution in [0.15, 0.2) is 12.2 Å². The van der Waals surface area contributed by atoms with Crippen LogP contribution >= 0.6 is 0 Å². The summed E-state index contributed by atoms with van der Waals surface area (Å²) in [7, 11) is 0. The van der Waals surface area contributed by atoms with Gasteiger partial charge in [-0.1, -0.05) is 225 Å². The molecule has 0 heterocycles. The third-order valence-corrected chi connectivity index (χ3v) is 11.1. The molecule has 0 saturated carbocycles. The number of amides is 1. The predicted octanol–water partition coefficient (Wildman–Crippen LogP) is 13.8. The summed E-state index contributed by atoms with van der Waals surface area (Å²) in [5.41, 5.74) is 0. The van der Waals surface area contributed by atoms with Gasteiger partial charge in [-0.25, -0.2) is 0 Å². The minimum Gasteiger partial charge on any atom is -0.466 e. The zero-order chi connectivity index (χ0) is 39.4. The molecule has 0 radical (unpaired) electrons. The monoisotopic (exact) mass is 764 g/mol. The summed E-state index contributed by atoms with van der Waals surface area (Å²) in [6.07, 6.45) is 49.1. The van der Waals surface area contributed by atoms with Gasteiger partial charge in [-0.2, -0.15) is 0 Å². The Morgan fingerprint density at radius 3 is 1.26 bits per heavy atom. The number of nitrogens with one attached hydrogen (secondary N) is 1. The van der Waals surface area contributed by atoms with Crippen molar-refractivity contribution in [3.05, 3.63) is 12.2 Å². The van der Waals surface area contributed by atoms with Crippen LogP contribution in [0.3, 0.4) is 0 Å². The Balaban J connectivity index is 3.50. The summed E-state index contributed by atoms with van der Waals surface area (Å²) >= 11 is 0. The lowest BCUT2D eigenvalue weighted by Gasteiger charge is -2.20. The summed E-state index contributed by atoms with van der Waals surface area (Å²) in [6.45, 7) is 4.85. The van der Waals surface area contributed by atoms with Gasteiger partial charge in [0.1, 0.15) is 0 Å². The molecule has 0 aliphatic carbocycles. The van der Waals surface area contributed by atoms with Crippen molar-refractivity contribution < 1.29 is 24.5 Å². The predicted molar refractivity (Wildman–Crippen MR) is 232 cm³/mol. The van der Waals surface area contributed by atoms with E-state index in [2.05, 4.69) is 19.2 Å². The Labute approximate surface area is 336 Å². The number of ether oxygens (including phenoxy) is 1. The SMILES string of the molecule is CCCCCCCCCCCCC/C=C/C(O)C(CO)NC(=O)CCCCCCCCCCCCCOC(=O)CCCCCCCCCCCCCCC. The third kappa shape index (κ3) is 40.3. The van der Waals surface area contributed by atoms with E-state index in [1.54, 1.807) is 6.08 Å². The number of unbranched alkanes of at least 4 members (excludes halogenated alkanes) is 33. The van der Waals surface area contributed by atoms with Crippen molar-refractivity contribution in [3.63, 3.8) is 0 Å². The normalized spacial score (nSPS) is 12.7. The van der Waals surface area contributed by atoms with Gasteiger partial charge in [0.05, 0.1) is 25.4 Å². The molecule has 0 aliphatic rings. The molecular weight excluding hydrogens is 671 g/mol. The number of hydrogen-bond acceptors (Lipinski definition) is 5. The summed E-state index contributed by atoms with van der Waals surface area (Å²) in [6, 6.07) is -0.639. The fourth-order valence-electron chi connectivity index (χ4n) is 7.34. The van der Waals surface area contributed by atoms with Crippen LogP contribution in [0.4, 0.5) is 0 Å². The Morgan fingerprint density at radius 1 is 0.500 bits per heavy atom. The van der Waals surface area contributed by atoms with E-state index >= 15 is 0 Å². The highest BCUT2D eigenvalue weighted by atomic mass is 16.5. The average Bonchev–Trinajstić information content (AvgIpc) is 3.17. The molecule has 0 saturated heterocycles. The molecule has 320 valence electrons. The van der Waals surface area contributed by atoms with Crippen LogP contribution in [0, 0.1) is 0 Å². The number of aliphatic hydroxyl groups excluding tert-OH is 2. The summed E-state index contributed by atoms with van der Waals surface area (Å²) < 4.78 is 5.45. The second-order valence-corrected chi connectivity index (χ2v) is 16.5. The number of allylic oxidation sites excluding steroid dienone is 1. The molecule has 2 atom stereocenters. The van der Waals surface area contributed by atoms with Crippen LogP contribution in [-0.4, -0.2) is 47.4 Å². The fourth-order valence-corrected chi connectivity index (χ4v) is 7.34. The molecule has 2 unspecified atom stereocenters. The van der Waals surface area contributed by atoms with E-state index < -0.39 is 12.1 Å². The topological polar surface area (TPSA) is 95.9 Å². The smallest absolute Gasteiger partial charge is 0.305 e. The zero-order valence-corrected chi connectivity index (χ0v) is 36.2. The molecule has 0 spiro atoms. The number of aliphatic hydroxyl groups is 2. The molecule has 1 amide bonds. The standard InChI is InChI=1S/C48H93NO5/c1-3-5-7-9-11-13-15-17-20-24-28-32-36-40-46(51)45(44-50)49-47(52)41-37-33-29-25-21-19-23-27-31-35-39-43-54-48(53)42-38-34-30-26-22-18-16-14-12-10-8-6-4-2/h36,40,45-46,50-51H,3-35,37-39,41-44H2,1-2H3,(H,49,52)/b40-36+. The summed E-state index contributed by atoms with van der Waals surface area (Å²) in [5.74, 6) is -0.101. The second kappa shape index (κ2) is 44.3. The molecule has 0 aromatic rings. The molecule has 0 bridgehead atoms. The molecule has 0 aromatic carbocycles. The van der Waals surface area contributed by atoms with Gasteiger partial charge in [-0.15, -0.1) is 0 Å². The molecule has 0 rings (SSSR count). The van der Waals surface area contributed by atoms with Crippen molar-refractivity contribution in [1.82, 2.24) is 5.32 Å². The van der Waals surface area contributed by atoms with Crippen LogP contribution in [-0.2, 0) is 14.3 Å². The molecule has 0 aliphatic heterocycles. The van der Waals surface area contributed by atoms with E-state index in [0.717, 1.165) is 57.8 Å². The van der Waals surface area contributed by atoms with Gasteiger partial charge < -0.3 is 20.3 Å². The van der Waals surface area contributed by atoms with Gasteiger partial charge in [0.2, 0.25) is 5.91 Å². The molecule has 6 heteroatoms. The Kier molecular flexibility index (Phi) is 43.2. The highest BCUT2D eigenvalue weighted by molar-refractivity contribution is 5.76. The molecule has 3 N–H and O–H groups in total. The van der Waals surface area contributed by atoms with Crippen LogP contribution in [0.5, 0.6) is 0 Å². The third-order valence-electron chi connectivity index (χ3n) is 11.1. The molecule has 0 fully saturated rings. The fraction of sp³-hybridized carbons (Fsp3) is 0.917. The van der Waals surface area contributed by atoms with Gasteiger partial charge >= 0.3 is 5.97 Å². The van der Waals surface area contributed by atoms with Gasteiger partial charge in [-0.05, 0) is 32.1 Å². The molecule has 0 aromatic heterocycles. The van der Waals surface area contributed by atoms with Crippen LogP contribution < -0.4 is 5.32 Å². The minimum atomic E-state index is -0.854. The highest BCUT2D eigenvalue weighted by Crippen LogP contribution is 2.16. The van der Waals surface area contributed by atoms with Gasteiger partial charge in [0.25, 0.3) is 0 Å². The zero-order valence-electron chi connectivity index (χ0n) is 36.2. The van der Waals surface area contributed by atoms with Gasteiger partial charge in [-0.3, -0.25) is 9.59 Å². The number of rotatable bonds is 44. The maximum atomic E-state index is 12.4. The van der Waals surface area contributed by atoms with Gasteiger partial charge in [0.15, 0.2) is 0 Å². The first-order valence-electron chi connectivity index (χ1n) is 24.0. The van der Waals surface area contributed by atoms with Crippen molar-refractivity contribution in [2.24, 2.45) is 0 Å². The number of carbonyl (C=O) groups is 2. The quantitative estimate of drug-likeness (QED) is 0.0326. The first-order valence-corrected chi connectivity index (χ1v) is 24.0. The minimum absolute atomic E-state index is 0.0142. The van der Waals surface area contributed by atoms with Crippen molar-refractivity contribution in [2.45, 2.75) is 270 Å². The molecule has 54 heavy (non-hydrogen) atoms. The van der Waals surface area contributed by atoms with E-state index in [1.807, 2.05) is 6.08 Å². The van der Waals surface area contributed by atoms with E-state index in [4.69, 9.17) is 4.74 Å². The summed E-state index contributed by atoms with van der Waals surface area (Å²) in [5, 5.41) is 23.0. The Morgan fingerprint density at radius 2 is 0.852 bits per heavy atom. The van der Waals surface area contributed by atoms with Crippen molar-refractivity contribution in [2.75, 3.05) is 13.2 Å². The number of hydrogen-bond donors (Lipinski definition) is 3. The number of carbonyl (C=O) groups excluding carboxylic acids is 2. The van der Waals surface area contributed by atoms with E-state index in [-0.39, 0.29) is 18.5 Å². The maximum Gasteiger partial charge on any atom is 0.305 e. The Bertz CT molecular complexity index is 802. The van der Waals surface area contributed by atoms with Crippen LogP contribution in [0.25, 0.3) is 0 Å². The lowest BCUT2D eigenvalue weighted by molar-refractivity contribution is -0.143. The lowest BCUT2D eigenvalue weighted by Crippen LogP contribution is -2.45. The average molecular weight is 764 g/mol. The summed E-state index contributed by atoms with van der Waals surface area (Å²) in [4.78, 5) is 24.4. The maximum absolute atomic E-state index is 12.4. The van der Waals surface area contributed by atoms with Crippen LogP contribution in [0.2, 0.25) is 0 Å². The van der Waals surface area contributed by atoms with Crippen LogP contribution in [0.1, 0.15) is 258 Å². The highest BCUT2D eigenvalue weighted by Gasteiger charge is 2.18. The molecule has 6 nitrogen and oxygen atoms in total. The van der Waals surface area contributed by atoms with E-state index in [9.17, 15) is 19.8 Å². The van der Waals surface area contributed by atoms with Crippen molar-refractivity contribution in [3.8, 4) is 0 Å².